The van der Waals surface area contributed by atoms with Gasteiger partial charge in [0, 0.05) is 5.54 Å². The van der Waals surface area contributed by atoms with Crippen molar-refractivity contribution >= 4 is 23.2 Å². The quantitative estimate of drug-likeness (QED) is 0.571. The van der Waals surface area contributed by atoms with Crippen molar-refractivity contribution in [3.8, 4) is 0 Å². The largest absolute Gasteiger partial charge is 0.357 e. The number of hydrogen-bond acceptors (Lipinski definition) is 2. The summed E-state index contributed by atoms with van der Waals surface area (Å²) in [6.07, 6.45) is 0.0862. The van der Waals surface area contributed by atoms with E-state index in [9.17, 15) is 9.18 Å². The molecule has 0 aliphatic rings. The lowest BCUT2D eigenvalue weighted by Crippen LogP contribution is -2.52. The minimum absolute atomic E-state index is 0.0862. The highest BCUT2D eigenvalue weighted by atomic mass is 32.1. The zero-order valence-corrected chi connectivity index (χ0v) is 12.0. The van der Waals surface area contributed by atoms with Crippen LogP contribution in [0.3, 0.4) is 0 Å². The Hall–Kier alpha value is -1.69. The lowest BCUT2D eigenvalue weighted by atomic mass is 10.1. The third-order valence-corrected chi connectivity index (χ3v) is 2.26. The second kappa shape index (κ2) is 6.47. The van der Waals surface area contributed by atoms with Crippen molar-refractivity contribution in [2.24, 2.45) is 0 Å². The van der Waals surface area contributed by atoms with E-state index >= 15 is 0 Å². The van der Waals surface area contributed by atoms with E-state index in [4.69, 9.17) is 12.2 Å². The van der Waals surface area contributed by atoms with Crippen LogP contribution >= 0.6 is 12.2 Å². The second-order valence-electron chi connectivity index (χ2n) is 5.18. The van der Waals surface area contributed by atoms with Gasteiger partial charge in [0.25, 0.3) is 0 Å². The summed E-state index contributed by atoms with van der Waals surface area (Å²) in [6, 6.07) is 5.92. The van der Waals surface area contributed by atoms with Gasteiger partial charge in [0.1, 0.15) is 5.82 Å². The lowest BCUT2D eigenvalue weighted by molar-refractivity contribution is -0.121. The molecule has 0 bridgehead atoms. The number of halogens is 1. The van der Waals surface area contributed by atoms with Crippen molar-refractivity contribution < 1.29 is 9.18 Å². The first-order valence-electron chi connectivity index (χ1n) is 5.88. The van der Waals surface area contributed by atoms with E-state index in [0.717, 1.165) is 0 Å². The van der Waals surface area contributed by atoms with Gasteiger partial charge in [-0.3, -0.25) is 15.6 Å². The Bertz CT molecular complexity index is 471. The van der Waals surface area contributed by atoms with E-state index in [0.29, 0.717) is 10.7 Å². The molecule has 1 amide bonds. The molecule has 19 heavy (non-hydrogen) atoms. The van der Waals surface area contributed by atoms with Crippen molar-refractivity contribution in [1.82, 2.24) is 16.2 Å². The number of rotatable bonds is 2. The lowest BCUT2D eigenvalue weighted by Gasteiger charge is -2.23. The summed E-state index contributed by atoms with van der Waals surface area (Å²) >= 11 is 5.01. The van der Waals surface area contributed by atoms with E-state index in [1.807, 2.05) is 20.8 Å². The van der Waals surface area contributed by atoms with Gasteiger partial charge in [-0.15, -0.1) is 0 Å². The average molecular weight is 283 g/mol. The highest BCUT2D eigenvalue weighted by molar-refractivity contribution is 7.80. The minimum atomic E-state index is -0.358. The highest BCUT2D eigenvalue weighted by Crippen LogP contribution is 2.03. The molecule has 0 saturated heterocycles. The molecule has 1 aromatic rings. The smallest absolute Gasteiger partial charge is 0.242 e. The van der Waals surface area contributed by atoms with Crippen molar-refractivity contribution in [3.63, 3.8) is 0 Å². The molecular formula is C13H18FN3OS. The fourth-order valence-electron chi connectivity index (χ4n) is 1.37. The van der Waals surface area contributed by atoms with Gasteiger partial charge in [0.2, 0.25) is 5.91 Å². The van der Waals surface area contributed by atoms with Gasteiger partial charge < -0.3 is 5.32 Å². The molecule has 0 atom stereocenters. The third kappa shape index (κ3) is 6.71. The fraction of sp³-hybridized carbons (Fsp3) is 0.385. The first-order valence-corrected chi connectivity index (χ1v) is 6.28. The van der Waals surface area contributed by atoms with Crippen LogP contribution in [0.4, 0.5) is 4.39 Å². The Morgan fingerprint density at radius 3 is 2.58 bits per heavy atom. The number of thiocarbonyl (C=S) groups is 1. The molecule has 0 aliphatic carbocycles. The van der Waals surface area contributed by atoms with Crippen molar-refractivity contribution in [2.75, 3.05) is 0 Å². The molecule has 6 heteroatoms. The Morgan fingerprint density at radius 2 is 2.00 bits per heavy atom. The molecule has 0 unspecified atom stereocenters. The number of hydrazine groups is 1. The SMILES string of the molecule is CC(C)(C)NC(=S)NNC(=O)Cc1cccc(F)c1. The standard InChI is InChI=1S/C13H18FN3OS/c1-13(2,3)15-12(19)17-16-11(18)8-9-5-4-6-10(14)7-9/h4-7H,8H2,1-3H3,(H,16,18)(H2,15,17,19). The highest BCUT2D eigenvalue weighted by Gasteiger charge is 2.11. The number of carbonyl (C=O) groups is 1. The average Bonchev–Trinajstić information content (AvgIpc) is 2.24. The van der Waals surface area contributed by atoms with Gasteiger partial charge in [-0.1, -0.05) is 12.1 Å². The summed E-state index contributed by atoms with van der Waals surface area (Å²) in [7, 11) is 0. The molecule has 4 nitrogen and oxygen atoms in total. The molecule has 0 aliphatic heterocycles. The summed E-state index contributed by atoms with van der Waals surface area (Å²) < 4.78 is 12.9. The normalized spacial score (nSPS) is 10.7. The summed E-state index contributed by atoms with van der Waals surface area (Å²) in [5.74, 6) is -0.646. The molecule has 0 fully saturated rings. The Balaban J connectivity index is 2.38. The molecule has 1 aromatic carbocycles. The monoisotopic (exact) mass is 283 g/mol. The molecule has 1 rings (SSSR count). The van der Waals surface area contributed by atoms with Crippen LogP contribution in [0.25, 0.3) is 0 Å². The summed E-state index contributed by atoms with van der Waals surface area (Å²) in [4.78, 5) is 11.6. The molecule has 0 aromatic heterocycles. The van der Waals surface area contributed by atoms with E-state index in [-0.39, 0.29) is 23.7 Å². The Labute approximate surface area is 117 Å². The topological polar surface area (TPSA) is 53.2 Å². The van der Waals surface area contributed by atoms with Crippen molar-refractivity contribution in [2.45, 2.75) is 32.7 Å². The van der Waals surface area contributed by atoms with Crippen LogP contribution in [0.5, 0.6) is 0 Å². The first-order chi connectivity index (χ1) is 8.76. The minimum Gasteiger partial charge on any atom is -0.357 e. The number of nitrogens with one attached hydrogen (secondary N) is 3. The molecule has 0 radical (unpaired) electrons. The van der Waals surface area contributed by atoms with Crippen LogP contribution < -0.4 is 16.2 Å². The zero-order chi connectivity index (χ0) is 14.5. The maximum Gasteiger partial charge on any atom is 0.242 e. The van der Waals surface area contributed by atoms with E-state index in [1.54, 1.807) is 12.1 Å². The van der Waals surface area contributed by atoms with E-state index in [2.05, 4.69) is 16.2 Å². The summed E-state index contributed by atoms with van der Waals surface area (Å²) in [5, 5.41) is 3.33. The maximum atomic E-state index is 12.9. The van der Waals surface area contributed by atoms with Crippen LogP contribution in [-0.4, -0.2) is 16.6 Å². The van der Waals surface area contributed by atoms with Gasteiger partial charge in [-0.05, 0) is 50.7 Å². The van der Waals surface area contributed by atoms with Gasteiger partial charge in [-0.25, -0.2) is 4.39 Å². The van der Waals surface area contributed by atoms with Crippen LogP contribution in [0, 0.1) is 5.82 Å². The molecule has 0 heterocycles. The molecule has 0 saturated carbocycles. The van der Waals surface area contributed by atoms with Crippen molar-refractivity contribution in [1.29, 1.82) is 0 Å². The molecular weight excluding hydrogens is 265 g/mol. The van der Waals surface area contributed by atoms with Crippen LogP contribution in [0.2, 0.25) is 0 Å². The zero-order valence-electron chi connectivity index (χ0n) is 11.2. The van der Waals surface area contributed by atoms with Gasteiger partial charge in [0.05, 0.1) is 6.42 Å². The summed E-state index contributed by atoms with van der Waals surface area (Å²) in [5.41, 5.74) is 5.48. The van der Waals surface area contributed by atoms with Crippen LogP contribution in [0.15, 0.2) is 24.3 Å². The molecule has 3 N–H and O–H groups in total. The predicted octanol–water partition coefficient (Wildman–Crippen LogP) is 1.66. The van der Waals surface area contributed by atoms with Crippen molar-refractivity contribution in [3.05, 3.63) is 35.6 Å². The number of hydrogen-bond donors (Lipinski definition) is 3. The van der Waals surface area contributed by atoms with E-state index in [1.165, 1.54) is 12.1 Å². The van der Waals surface area contributed by atoms with Crippen LogP contribution in [0.1, 0.15) is 26.3 Å². The van der Waals surface area contributed by atoms with E-state index < -0.39 is 0 Å². The first kappa shape index (κ1) is 15.4. The fourth-order valence-corrected chi connectivity index (χ4v) is 1.73. The predicted molar refractivity (Wildman–Crippen MR) is 76.9 cm³/mol. The number of benzene rings is 1. The van der Waals surface area contributed by atoms with Gasteiger partial charge in [0.15, 0.2) is 5.11 Å². The third-order valence-electron chi connectivity index (χ3n) is 2.06. The van der Waals surface area contributed by atoms with Gasteiger partial charge in [-0.2, -0.15) is 0 Å². The molecule has 104 valence electrons. The Morgan fingerprint density at radius 1 is 1.32 bits per heavy atom. The van der Waals surface area contributed by atoms with Crippen LogP contribution in [-0.2, 0) is 11.2 Å². The summed E-state index contributed by atoms with van der Waals surface area (Å²) in [6.45, 7) is 5.86. The second-order valence-corrected chi connectivity index (χ2v) is 5.59. The van der Waals surface area contributed by atoms with Gasteiger partial charge >= 0.3 is 0 Å². The maximum absolute atomic E-state index is 12.9. The number of amides is 1. The molecule has 0 spiro atoms. The number of carbonyl (C=O) groups excluding carboxylic acids is 1. The Kier molecular flexibility index (Phi) is 5.23.